The summed E-state index contributed by atoms with van der Waals surface area (Å²) in [5.74, 6) is -0.514. The number of carboxylic acids is 1. The Morgan fingerprint density at radius 3 is 2.48 bits per heavy atom. The summed E-state index contributed by atoms with van der Waals surface area (Å²) in [7, 11) is 0. The maximum Gasteiger partial charge on any atom is 0.314 e. The van der Waals surface area contributed by atoms with Crippen molar-refractivity contribution in [1.82, 2.24) is 0 Å². The van der Waals surface area contributed by atoms with Gasteiger partial charge in [-0.05, 0) is 30.5 Å². The van der Waals surface area contributed by atoms with Crippen LogP contribution in [-0.4, -0.2) is 16.9 Å². The van der Waals surface area contributed by atoms with E-state index >= 15 is 0 Å². The molecular weight excluding hydrogens is 292 g/mol. The lowest BCUT2D eigenvalue weighted by atomic mass is 9.69. The van der Waals surface area contributed by atoms with Crippen molar-refractivity contribution >= 4 is 17.6 Å². The molecule has 0 amide bonds. The van der Waals surface area contributed by atoms with E-state index in [4.69, 9.17) is 21.1 Å². The molecule has 0 saturated heterocycles. The molecular formula is C16H19ClO4. The van der Waals surface area contributed by atoms with Crippen LogP contribution >= 0.6 is 11.6 Å². The Morgan fingerprint density at radius 1 is 1.19 bits per heavy atom. The summed E-state index contributed by atoms with van der Waals surface area (Å²) in [6.45, 7) is 3.60. The largest absolute Gasteiger partial charge is 0.481 e. The van der Waals surface area contributed by atoms with E-state index in [-0.39, 0.29) is 0 Å². The Hall–Kier alpha value is -1.42. The first-order chi connectivity index (χ1) is 9.84. The zero-order valence-electron chi connectivity index (χ0n) is 12.2. The van der Waals surface area contributed by atoms with E-state index in [1.165, 1.54) is 0 Å². The van der Waals surface area contributed by atoms with Crippen molar-refractivity contribution in [1.29, 1.82) is 0 Å². The molecule has 21 heavy (non-hydrogen) atoms. The van der Waals surface area contributed by atoms with Crippen molar-refractivity contribution < 1.29 is 19.4 Å². The van der Waals surface area contributed by atoms with Gasteiger partial charge in [0.15, 0.2) is 11.5 Å². The van der Waals surface area contributed by atoms with Crippen molar-refractivity contribution in [2.45, 2.75) is 57.2 Å². The highest BCUT2D eigenvalue weighted by Gasteiger charge is 2.43. The van der Waals surface area contributed by atoms with Crippen LogP contribution in [0, 0.1) is 0 Å². The standard InChI is InChI=1S/C16H19ClO4/c1-15(2)20-12-9-10(8-11(17)13(12)21-15)16(14(18)19)6-4-3-5-7-16/h8-9H,3-7H2,1-2H3,(H,18,19). The van der Waals surface area contributed by atoms with Crippen molar-refractivity contribution in [3.63, 3.8) is 0 Å². The molecule has 0 aromatic heterocycles. The molecule has 114 valence electrons. The van der Waals surface area contributed by atoms with Gasteiger partial charge in [0.1, 0.15) is 0 Å². The normalized spacial score (nSPS) is 22.0. The van der Waals surface area contributed by atoms with Crippen molar-refractivity contribution in [3.05, 3.63) is 22.7 Å². The Balaban J connectivity index is 2.07. The molecule has 2 aliphatic rings. The highest BCUT2D eigenvalue weighted by molar-refractivity contribution is 6.32. The van der Waals surface area contributed by atoms with Gasteiger partial charge in [-0.15, -0.1) is 0 Å². The third-order valence-electron chi connectivity index (χ3n) is 4.38. The minimum Gasteiger partial charge on any atom is -0.481 e. The van der Waals surface area contributed by atoms with E-state index in [0.29, 0.717) is 29.4 Å². The molecule has 5 heteroatoms. The van der Waals surface area contributed by atoms with Gasteiger partial charge in [-0.1, -0.05) is 30.9 Å². The van der Waals surface area contributed by atoms with Crippen LogP contribution in [0.3, 0.4) is 0 Å². The van der Waals surface area contributed by atoms with E-state index in [2.05, 4.69) is 0 Å². The average molecular weight is 311 g/mol. The molecule has 0 atom stereocenters. The molecule has 1 aromatic carbocycles. The number of aliphatic carboxylic acids is 1. The lowest BCUT2D eigenvalue weighted by Gasteiger charge is -2.33. The number of halogens is 1. The first-order valence-corrected chi connectivity index (χ1v) is 7.67. The molecule has 1 saturated carbocycles. The Labute approximate surface area is 129 Å². The minimum atomic E-state index is -0.854. The number of fused-ring (bicyclic) bond motifs is 1. The van der Waals surface area contributed by atoms with Crippen molar-refractivity contribution in [2.24, 2.45) is 0 Å². The fraction of sp³-hybridized carbons (Fsp3) is 0.562. The zero-order valence-corrected chi connectivity index (χ0v) is 13.0. The molecule has 1 aliphatic heterocycles. The lowest BCUT2D eigenvalue weighted by molar-refractivity contribution is -0.145. The number of hydrogen-bond donors (Lipinski definition) is 1. The summed E-state index contributed by atoms with van der Waals surface area (Å²) in [5.41, 5.74) is -0.132. The second kappa shape index (κ2) is 4.80. The van der Waals surface area contributed by atoms with Crippen LogP contribution < -0.4 is 9.47 Å². The van der Waals surface area contributed by atoms with Gasteiger partial charge in [-0.25, -0.2) is 0 Å². The number of carboxylic acid groups (broad SMARTS) is 1. The quantitative estimate of drug-likeness (QED) is 0.892. The van der Waals surface area contributed by atoms with E-state index in [0.717, 1.165) is 24.8 Å². The summed E-state index contributed by atoms with van der Waals surface area (Å²) >= 11 is 6.29. The topological polar surface area (TPSA) is 55.8 Å². The monoisotopic (exact) mass is 310 g/mol. The van der Waals surface area contributed by atoms with E-state index in [1.807, 2.05) is 0 Å². The Bertz CT molecular complexity index is 588. The van der Waals surface area contributed by atoms with Crippen molar-refractivity contribution in [3.8, 4) is 11.5 Å². The van der Waals surface area contributed by atoms with E-state index in [9.17, 15) is 9.90 Å². The predicted molar refractivity (Wildman–Crippen MR) is 79.2 cm³/mol. The van der Waals surface area contributed by atoms with Gasteiger partial charge in [0.25, 0.3) is 0 Å². The van der Waals surface area contributed by atoms with Crippen LogP contribution in [-0.2, 0) is 10.2 Å². The van der Waals surface area contributed by atoms with Gasteiger partial charge in [-0.2, -0.15) is 0 Å². The third kappa shape index (κ3) is 2.35. The Morgan fingerprint density at radius 2 is 1.86 bits per heavy atom. The highest BCUT2D eigenvalue weighted by Crippen LogP contribution is 2.49. The first-order valence-electron chi connectivity index (χ1n) is 7.30. The van der Waals surface area contributed by atoms with E-state index in [1.54, 1.807) is 26.0 Å². The fourth-order valence-corrected chi connectivity index (χ4v) is 3.58. The van der Waals surface area contributed by atoms with E-state index < -0.39 is 17.2 Å². The maximum absolute atomic E-state index is 11.9. The number of carbonyl (C=O) groups is 1. The molecule has 4 nitrogen and oxygen atoms in total. The second-order valence-electron chi connectivity index (χ2n) is 6.34. The van der Waals surface area contributed by atoms with Gasteiger partial charge >= 0.3 is 5.97 Å². The van der Waals surface area contributed by atoms with Crippen LogP contribution in [0.25, 0.3) is 0 Å². The highest BCUT2D eigenvalue weighted by atomic mass is 35.5. The molecule has 1 fully saturated rings. The van der Waals surface area contributed by atoms with Gasteiger partial charge in [0.2, 0.25) is 5.79 Å². The number of rotatable bonds is 2. The second-order valence-corrected chi connectivity index (χ2v) is 6.74. The predicted octanol–water partition coefficient (Wildman–Crippen LogP) is 4.13. The van der Waals surface area contributed by atoms with Gasteiger partial charge in [0, 0.05) is 13.8 Å². The van der Waals surface area contributed by atoms with Crippen molar-refractivity contribution in [2.75, 3.05) is 0 Å². The molecule has 3 rings (SSSR count). The minimum absolute atomic E-state index is 0.416. The summed E-state index contributed by atoms with van der Waals surface area (Å²) < 4.78 is 11.4. The van der Waals surface area contributed by atoms with Gasteiger partial charge in [0.05, 0.1) is 10.4 Å². The molecule has 1 heterocycles. The number of ether oxygens (including phenoxy) is 2. The molecule has 0 unspecified atom stereocenters. The van der Waals surface area contributed by atoms with Gasteiger partial charge in [-0.3, -0.25) is 4.79 Å². The van der Waals surface area contributed by atoms with Crippen LogP contribution in [0.15, 0.2) is 12.1 Å². The van der Waals surface area contributed by atoms with Gasteiger partial charge < -0.3 is 14.6 Å². The zero-order chi connectivity index (χ0) is 15.3. The molecule has 1 aliphatic carbocycles. The first kappa shape index (κ1) is 14.5. The Kier molecular flexibility index (Phi) is 3.32. The molecule has 1 aromatic rings. The molecule has 1 N–H and O–H groups in total. The molecule has 0 bridgehead atoms. The van der Waals surface area contributed by atoms with Crippen LogP contribution in [0.4, 0.5) is 0 Å². The van der Waals surface area contributed by atoms with Crippen LogP contribution in [0.1, 0.15) is 51.5 Å². The summed E-state index contributed by atoms with van der Waals surface area (Å²) in [4.78, 5) is 11.9. The van der Waals surface area contributed by atoms with Crippen LogP contribution in [0.2, 0.25) is 5.02 Å². The van der Waals surface area contributed by atoms with Crippen LogP contribution in [0.5, 0.6) is 11.5 Å². The lowest BCUT2D eigenvalue weighted by Crippen LogP contribution is -2.37. The number of hydrogen-bond acceptors (Lipinski definition) is 3. The maximum atomic E-state index is 11.9. The molecule has 0 radical (unpaired) electrons. The SMILES string of the molecule is CC1(C)Oc2cc(C3(C(=O)O)CCCCC3)cc(Cl)c2O1. The molecule has 0 spiro atoms. The average Bonchev–Trinajstić information content (AvgIpc) is 2.74. The number of benzene rings is 1. The fourth-order valence-electron chi connectivity index (χ4n) is 3.33. The summed E-state index contributed by atoms with van der Waals surface area (Å²) in [6.07, 6.45) is 4.21. The third-order valence-corrected chi connectivity index (χ3v) is 4.66. The summed E-state index contributed by atoms with van der Waals surface area (Å²) in [5, 5.41) is 10.2. The smallest absolute Gasteiger partial charge is 0.314 e. The summed E-state index contributed by atoms with van der Waals surface area (Å²) in [6, 6.07) is 3.51.